The second kappa shape index (κ2) is 1.99. The van der Waals surface area contributed by atoms with Crippen LogP contribution in [0.1, 0.15) is 20.3 Å². The lowest BCUT2D eigenvalue weighted by Gasteiger charge is -2.11. The van der Waals surface area contributed by atoms with Crippen molar-refractivity contribution < 1.29 is 17.6 Å². The standard InChI is InChI=1S/C7H8F4/c1-4-5(2)7(10,11)3-6(4,8)9/h3H2,1-2H3. The van der Waals surface area contributed by atoms with E-state index in [9.17, 15) is 17.6 Å². The molecule has 0 aliphatic heterocycles. The first-order chi connectivity index (χ1) is 4.77. The van der Waals surface area contributed by atoms with Crippen molar-refractivity contribution in [3.05, 3.63) is 11.1 Å². The van der Waals surface area contributed by atoms with E-state index >= 15 is 0 Å². The fourth-order valence-electron chi connectivity index (χ4n) is 1.09. The highest BCUT2D eigenvalue weighted by atomic mass is 19.3. The Kier molecular flexibility index (Phi) is 1.55. The Hall–Kier alpha value is -0.540. The molecule has 0 saturated heterocycles. The molecule has 0 fully saturated rings. The van der Waals surface area contributed by atoms with Crippen LogP contribution in [-0.2, 0) is 0 Å². The largest absolute Gasteiger partial charge is 0.275 e. The van der Waals surface area contributed by atoms with E-state index in [4.69, 9.17) is 0 Å². The Morgan fingerprint density at radius 2 is 1.18 bits per heavy atom. The fraction of sp³-hybridized carbons (Fsp3) is 0.714. The van der Waals surface area contributed by atoms with Gasteiger partial charge in [0.05, 0.1) is 6.42 Å². The molecular formula is C7H8F4. The van der Waals surface area contributed by atoms with Crippen LogP contribution in [0.5, 0.6) is 0 Å². The van der Waals surface area contributed by atoms with Crippen LogP contribution in [-0.4, -0.2) is 11.8 Å². The summed E-state index contributed by atoms with van der Waals surface area (Å²) in [5.74, 6) is -6.62. The van der Waals surface area contributed by atoms with Gasteiger partial charge in [-0.3, -0.25) is 0 Å². The van der Waals surface area contributed by atoms with Crippen molar-refractivity contribution in [1.29, 1.82) is 0 Å². The minimum absolute atomic E-state index is 0.484. The van der Waals surface area contributed by atoms with Gasteiger partial charge in [0, 0.05) is 11.1 Å². The van der Waals surface area contributed by atoms with Gasteiger partial charge in [0.25, 0.3) is 11.8 Å². The molecule has 0 unspecified atom stereocenters. The topological polar surface area (TPSA) is 0 Å². The van der Waals surface area contributed by atoms with Gasteiger partial charge in [-0.25, -0.2) is 17.6 Å². The summed E-state index contributed by atoms with van der Waals surface area (Å²) in [4.78, 5) is 0. The highest BCUT2D eigenvalue weighted by Gasteiger charge is 2.53. The van der Waals surface area contributed by atoms with Gasteiger partial charge in [0.1, 0.15) is 0 Å². The van der Waals surface area contributed by atoms with Crippen molar-refractivity contribution in [2.75, 3.05) is 0 Å². The van der Waals surface area contributed by atoms with Gasteiger partial charge < -0.3 is 0 Å². The van der Waals surface area contributed by atoms with Gasteiger partial charge in [-0.05, 0) is 13.8 Å². The number of allylic oxidation sites excluding steroid dienone is 2. The molecule has 0 aromatic heterocycles. The zero-order valence-electron chi connectivity index (χ0n) is 6.22. The molecule has 11 heavy (non-hydrogen) atoms. The average molecular weight is 168 g/mol. The molecule has 0 spiro atoms. The van der Waals surface area contributed by atoms with Crippen LogP contribution in [0.2, 0.25) is 0 Å². The van der Waals surface area contributed by atoms with Gasteiger partial charge in [0.2, 0.25) is 0 Å². The van der Waals surface area contributed by atoms with Crippen molar-refractivity contribution in [3.8, 4) is 0 Å². The predicted molar refractivity (Wildman–Crippen MR) is 32.9 cm³/mol. The van der Waals surface area contributed by atoms with Gasteiger partial charge in [0.15, 0.2) is 0 Å². The van der Waals surface area contributed by atoms with Gasteiger partial charge >= 0.3 is 0 Å². The maximum atomic E-state index is 12.5. The molecule has 0 N–H and O–H groups in total. The summed E-state index contributed by atoms with van der Waals surface area (Å²) in [5, 5.41) is 0. The Labute approximate surface area is 61.9 Å². The minimum atomic E-state index is -3.31. The van der Waals surface area contributed by atoms with Gasteiger partial charge in [-0.2, -0.15) is 0 Å². The number of alkyl halides is 4. The molecule has 0 aromatic carbocycles. The summed E-state index contributed by atoms with van der Waals surface area (Å²) in [6.07, 6.45) is -1.36. The maximum absolute atomic E-state index is 12.5. The van der Waals surface area contributed by atoms with Crippen LogP contribution >= 0.6 is 0 Å². The molecule has 0 heterocycles. The van der Waals surface area contributed by atoms with Gasteiger partial charge in [-0.15, -0.1) is 0 Å². The first kappa shape index (κ1) is 8.56. The molecule has 1 rings (SSSR count). The Balaban J connectivity index is 3.09. The van der Waals surface area contributed by atoms with Crippen LogP contribution in [0.3, 0.4) is 0 Å². The van der Waals surface area contributed by atoms with E-state index in [1.165, 1.54) is 0 Å². The molecule has 1 aliphatic rings. The van der Waals surface area contributed by atoms with E-state index in [1.807, 2.05) is 0 Å². The molecular weight excluding hydrogens is 160 g/mol. The molecule has 0 saturated carbocycles. The van der Waals surface area contributed by atoms with E-state index in [2.05, 4.69) is 0 Å². The Morgan fingerprint density at radius 3 is 1.27 bits per heavy atom. The molecule has 0 bridgehead atoms. The summed E-state index contributed by atoms with van der Waals surface area (Å²) in [5.41, 5.74) is -0.968. The van der Waals surface area contributed by atoms with E-state index < -0.39 is 29.4 Å². The summed E-state index contributed by atoms with van der Waals surface area (Å²) >= 11 is 0. The van der Waals surface area contributed by atoms with E-state index in [1.54, 1.807) is 0 Å². The third-order valence-corrected chi connectivity index (χ3v) is 2.10. The zero-order chi connectivity index (χ0) is 8.86. The highest BCUT2D eigenvalue weighted by Crippen LogP contribution is 2.48. The first-order valence-electron chi connectivity index (χ1n) is 3.21. The number of hydrogen-bond acceptors (Lipinski definition) is 0. The molecule has 0 atom stereocenters. The summed E-state index contributed by atoms with van der Waals surface area (Å²) in [6.45, 7) is 2.10. The minimum Gasteiger partial charge on any atom is -0.201 e. The maximum Gasteiger partial charge on any atom is 0.275 e. The average Bonchev–Trinajstić information content (AvgIpc) is 1.91. The smallest absolute Gasteiger partial charge is 0.201 e. The predicted octanol–water partition coefficient (Wildman–Crippen LogP) is 3.00. The number of rotatable bonds is 0. The van der Waals surface area contributed by atoms with Crippen LogP contribution in [0.25, 0.3) is 0 Å². The molecule has 0 radical (unpaired) electrons. The number of halogens is 4. The Morgan fingerprint density at radius 1 is 0.909 bits per heavy atom. The molecule has 0 aromatic rings. The second-order valence-corrected chi connectivity index (χ2v) is 2.84. The van der Waals surface area contributed by atoms with Crippen LogP contribution in [0, 0.1) is 0 Å². The van der Waals surface area contributed by atoms with Crippen LogP contribution in [0.4, 0.5) is 17.6 Å². The lowest BCUT2D eigenvalue weighted by molar-refractivity contribution is -0.0436. The first-order valence-corrected chi connectivity index (χ1v) is 3.21. The third-order valence-electron chi connectivity index (χ3n) is 2.10. The molecule has 0 amide bonds. The normalized spacial score (nSPS) is 27.8. The molecule has 64 valence electrons. The van der Waals surface area contributed by atoms with Crippen LogP contribution in [0.15, 0.2) is 11.1 Å². The highest BCUT2D eigenvalue weighted by molar-refractivity contribution is 5.31. The Bertz CT molecular complexity index is 192. The lowest BCUT2D eigenvalue weighted by Crippen LogP contribution is -2.20. The molecule has 4 heteroatoms. The van der Waals surface area contributed by atoms with Crippen molar-refractivity contribution >= 4 is 0 Å². The number of hydrogen-bond donors (Lipinski definition) is 0. The zero-order valence-corrected chi connectivity index (χ0v) is 6.22. The van der Waals surface area contributed by atoms with E-state index in [0.717, 1.165) is 13.8 Å². The summed E-state index contributed by atoms with van der Waals surface area (Å²) in [7, 11) is 0. The monoisotopic (exact) mass is 168 g/mol. The van der Waals surface area contributed by atoms with E-state index in [0.29, 0.717) is 0 Å². The SMILES string of the molecule is CC1=C(C)C(F)(F)CC1(F)F. The second-order valence-electron chi connectivity index (χ2n) is 2.84. The van der Waals surface area contributed by atoms with Crippen molar-refractivity contribution in [1.82, 2.24) is 0 Å². The summed E-state index contributed by atoms with van der Waals surface area (Å²) in [6, 6.07) is 0. The van der Waals surface area contributed by atoms with Crippen molar-refractivity contribution in [3.63, 3.8) is 0 Å². The van der Waals surface area contributed by atoms with Crippen LogP contribution < -0.4 is 0 Å². The van der Waals surface area contributed by atoms with Gasteiger partial charge in [-0.1, -0.05) is 0 Å². The molecule has 0 nitrogen and oxygen atoms in total. The summed E-state index contributed by atoms with van der Waals surface area (Å²) < 4.78 is 50.2. The van der Waals surface area contributed by atoms with Crippen molar-refractivity contribution in [2.24, 2.45) is 0 Å². The molecule has 1 aliphatic carbocycles. The van der Waals surface area contributed by atoms with E-state index in [-0.39, 0.29) is 0 Å². The third kappa shape index (κ3) is 1.14. The quantitative estimate of drug-likeness (QED) is 0.385. The fourth-order valence-corrected chi connectivity index (χ4v) is 1.09. The van der Waals surface area contributed by atoms with Crippen molar-refractivity contribution in [2.45, 2.75) is 32.1 Å². The lowest BCUT2D eigenvalue weighted by atomic mass is 10.2.